The number of hydrogen-bond acceptors (Lipinski definition) is 3. The van der Waals surface area contributed by atoms with E-state index in [1.165, 1.54) is 0 Å². The summed E-state index contributed by atoms with van der Waals surface area (Å²) in [5.74, 6) is 0. The Labute approximate surface area is 188 Å². The van der Waals surface area contributed by atoms with Crippen LogP contribution in [0.5, 0.6) is 0 Å². The van der Waals surface area contributed by atoms with Crippen molar-refractivity contribution in [3.63, 3.8) is 0 Å². The maximum absolute atomic E-state index is 5.00. The Morgan fingerprint density at radius 2 is 0.966 bits per heavy atom. The van der Waals surface area contributed by atoms with Crippen LogP contribution in [-0.2, 0) is 10.8 Å². The molecule has 1 N–H and O–H groups in total. The minimum atomic E-state index is -2.97. The monoisotopic (exact) mass is 555 g/mol. The summed E-state index contributed by atoms with van der Waals surface area (Å²) in [4.78, 5) is 15.7. The van der Waals surface area contributed by atoms with Crippen molar-refractivity contribution in [2.24, 2.45) is 0 Å². The third-order valence-corrected chi connectivity index (χ3v) is 3.24. The van der Waals surface area contributed by atoms with E-state index in [2.05, 4.69) is 19.9 Å². The quantitative estimate of drug-likeness (QED) is 0.267. The first-order chi connectivity index (χ1) is 13.9. The van der Waals surface area contributed by atoms with E-state index >= 15 is 0 Å². The van der Waals surface area contributed by atoms with Crippen LogP contribution in [0.15, 0.2) is 97.6 Å². The van der Waals surface area contributed by atoms with Crippen molar-refractivity contribution in [1.82, 2.24) is 15.0 Å². The molecular weight excluding hydrogens is 539 g/mol. The summed E-state index contributed by atoms with van der Waals surface area (Å²) >= 11 is 0. The van der Waals surface area contributed by atoms with Gasteiger partial charge >= 0.3 is 49.6 Å². The molecule has 29 heavy (non-hydrogen) atoms. The summed E-state index contributed by atoms with van der Waals surface area (Å²) in [6.07, 6.45) is 7.22. The van der Waals surface area contributed by atoms with Crippen molar-refractivity contribution in [2.75, 3.05) is 0 Å². The second-order valence-electron chi connectivity index (χ2n) is 5.22. The van der Waals surface area contributed by atoms with Gasteiger partial charge in [0, 0.05) is 30.7 Å². The maximum atomic E-state index is 5.00. The van der Waals surface area contributed by atoms with E-state index in [4.69, 9.17) is 38.8 Å². The maximum Gasteiger partial charge on any atom is 0.229 e. The van der Waals surface area contributed by atoms with E-state index in [1.54, 1.807) is 18.6 Å². The van der Waals surface area contributed by atoms with E-state index in [1.807, 2.05) is 79.0 Å². The molecule has 0 amide bonds. The molecule has 0 radical (unpaired) electrons. The molecule has 0 unspecified atom stereocenters. The average molecular weight is 556 g/mol. The van der Waals surface area contributed by atoms with Gasteiger partial charge in [-0.2, -0.15) is 0 Å². The third-order valence-electron chi connectivity index (χ3n) is 3.24. The number of aromatic amines is 1. The Morgan fingerprint density at radius 1 is 0.552 bits per heavy atom. The summed E-state index contributed by atoms with van der Waals surface area (Å²) in [5, 5.41) is 0. The van der Waals surface area contributed by atoms with Gasteiger partial charge in [-0.25, -0.2) is 9.97 Å². The molecule has 4 rings (SSSR count). The number of nitrogens with zero attached hydrogens (tertiary/aromatic N) is 3. The smallest absolute Gasteiger partial charge is 0.229 e. The Kier molecular flexibility index (Phi) is 10.5. The fraction of sp³-hybridized carbons (Fsp3) is 0. The number of pyridine rings is 4. The van der Waals surface area contributed by atoms with Gasteiger partial charge in [0.25, 0.3) is 0 Å². The normalized spacial score (nSPS) is 10.6. The number of aromatic nitrogens is 4. The Bertz CT molecular complexity index is 786. The first kappa shape index (κ1) is 23.7. The Morgan fingerprint density at radius 3 is 1.31 bits per heavy atom. The molecule has 0 bridgehead atoms. The molecule has 4 aromatic heterocycles. The molecule has 0 saturated carbocycles. The minimum absolute atomic E-state index is 0.915. The third kappa shape index (κ3) is 10.6. The molecule has 0 aromatic carbocycles. The summed E-state index contributed by atoms with van der Waals surface area (Å²) in [6, 6.07) is 23.4. The molecule has 0 fully saturated rings. The van der Waals surface area contributed by atoms with Gasteiger partial charge in [-0.3, -0.25) is 9.97 Å². The van der Waals surface area contributed by atoms with Crippen LogP contribution in [0.25, 0.3) is 22.8 Å². The van der Waals surface area contributed by atoms with Gasteiger partial charge < -0.3 is 0 Å². The number of H-pyrrole nitrogens is 1. The molecule has 9 heteroatoms. The first-order valence-corrected chi connectivity index (χ1v) is 17.1. The molecule has 0 atom stereocenters. The fourth-order valence-corrected chi connectivity index (χ4v) is 2.10. The van der Waals surface area contributed by atoms with Crippen molar-refractivity contribution < 1.29 is 15.8 Å². The minimum Gasteiger partial charge on any atom is -0.255 e. The molecule has 0 aliphatic rings. The van der Waals surface area contributed by atoms with Gasteiger partial charge in [-0.05, 0) is 42.5 Å². The SMILES string of the molecule is [Cl][Ru-]([Cl])([Cl])[Cl].c1ccc(-c2cccc[nH+]2)nc1.c1ccc(-c2ccccn2)nc1. The predicted octanol–water partition coefficient (Wildman–Crippen LogP) is 6.46. The second-order valence-corrected chi connectivity index (χ2v) is 21.1. The van der Waals surface area contributed by atoms with Crippen LogP contribution in [0.4, 0.5) is 0 Å². The first-order valence-electron chi connectivity index (χ1n) is 8.17. The fourth-order valence-electron chi connectivity index (χ4n) is 2.10. The summed E-state index contributed by atoms with van der Waals surface area (Å²) in [6.45, 7) is 0. The summed E-state index contributed by atoms with van der Waals surface area (Å²) in [7, 11) is 17.0. The number of nitrogens with one attached hydrogen (secondary N) is 1. The molecule has 0 aliphatic heterocycles. The number of hydrogen-bond donors (Lipinski definition) is 0. The molecular formula is C20H17Cl4N4Ru. The van der Waals surface area contributed by atoms with Crippen LogP contribution in [0.3, 0.4) is 0 Å². The van der Waals surface area contributed by atoms with E-state index in [0.717, 1.165) is 22.8 Å². The topological polar surface area (TPSA) is 52.8 Å². The van der Waals surface area contributed by atoms with Crippen LogP contribution in [-0.4, -0.2) is 15.0 Å². The van der Waals surface area contributed by atoms with E-state index < -0.39 is 10.8 Å². The number of halogens is 4. The molecule has 153 valence electrons. The van der Waals surface area contributed by atoms with Crippen molar-refractivity contribution in [3.05, 3.63) is 97.6 Å². The van der Waals surface area contributed by atoms with Gasteiger partial charge in [0.2, 0.25) is 5.69 Å². The van der Waals surface area contributed by atoms with Gasteiger partial charge in [0.05, 0.1) is 11.4 Å². The van der Waals surface area contributed by atoms with Crippen molar-refractivity contribution in [3.8, 4) is 22.8 Å². The van der Waals surface area contributed by atoms with Crippen molar-refractivity contribution in [1.29, 1.82) is 0 Å². The van der Waals surface area contributed by atoms with Crippen LogP contribution in [0.2, 0.25) is 0 Å². The largest absolute Gasteiger partial charge is 0.255 e. The molecule has 0 saturated heterocycles. The number of rotatable bonds is 2. The van der Waals surface area contributed by atoms with Gasteiger partial charge in [-0.1, -0.05) is 18.2 Å². The van der Waals surface area contributed by atoms with Gasteiger partial charge in [0.15, 0.2) is 6.20 Å². The molecule has 4 nitrogen and oxygen atoms in total. The van der Waals surface area contributed by atoms with Crippen molar-refractivity contribution >= 4 is 38.8 Å². The van der Waals surface area contributed by atoms with Crippen LogP contribution in [0, 0.1) is 0 Å². The average Bonchev–Trinajstić information content (AvgIpc) is 2.76. The zero-order chi connectivity index (χ0) is 21.0. The van der Waals surface area contributed by atoms with E-state index in [9.17, 15) is 0 Å². The zero-order valence-corrected chi connectivity index (χ0v) is 19.7. The Balaban J connectivity index is 0.000000170. The summed E-state index contributed by atoms with van der Waals surface area (Å²) < 4.78 is 0. The molecule has 0 spiro atoms. The van der Waals surface area contributed by atoms with E-state index in [-0.39, 0.29) is 0 Å². The van der Waals surface area contributed by atoms with Crippen molar-refractivity contribution in [2.45, 2.75) is 0 Å². The van der Waals surface area contributed by atoms with E-state index in [0.29, 0.717) is 0 Å². The van der Waals surface area contributed by atoms with Gasteiger partial charge in [0.1, 0.15) is 5.69 Å². The predicted molar refractivity (Wildman–Crippen MR) is 117 cm³/mol. The van der Waals surface area contributed by atoms with Crippen LogP contribution < -0.4 is 4.98 Å². The zero-order valence-electron chi connectivity index (χ0n) is 14.9. The summed E-state index contributed by atoms with van der Waals surface area (Å²) in [5.41, 5.74) is 3.84. The second kappa shape index (κ2) is 12.8. The van der Waals surface area contributed by atoms with Crippen LogP contribution >= 0.6 is 38.8 Å². The van der Waals surface area contributed by atoms with Gasteiger partial charge in [-0.15, -0.1) is 0 Å². The Hall–Kier alpha value is -1.62. The standard InChI is InChI=1S/2C10H8N2.4ClH.Ru/c2*1-3-7-11-9(5-1)10-6-2-4-8-12-10;;;;;/h2*1-8H;4*1H;/q;;;;;;+3/p-3. The molecule has 4 aromatic rings. The molecule has 0 aliphatic carbocycles. The van der Waals surface area contributed by atoms with Crippen LogP contribution in [0.1, 0.15) is 0 Å². The molecule has 4 heterocycles.